The van der Waals surface area contributed by atoms with E-state index in [-0.39, 0.29) is 11.4 Å². The molecule has 0 spiro atoms. The summed E-state index contributed by atoms with van der Waals surface area (Å²) >= 11 is 0. The number of nitrogens with two attached hydrogens (primary N) is 1. The van der Waals surface area contributed by atoms with Crippen molar-refractivity contribution in [2.75, 3.05) is 6.54 Å². The predicted octanol–water partition coefficient (Wildman–Crippen LogP) is 2.40. The minimum atomic E-state index is -0.329. The third-order valence-electron chi connectivity index (χ3n) is 3.69. The fourth-order valence-corrected chi connectivity index (χ4v) is 2.05. The summed E-state index contributed by atoms with van der Waals surface area (Å²) < 4.78 is 5.55. The number of nitrogens with one attached hydrogen (secondary N) is 1. The molecule has 1 aromatic rings. The molecular formula is C14H24N2O2. The van der Waals surface area contributed by atoms with Crippen molar-refractivity contribution in [1.29, 1.82) is 0 Å². The van der Waals surface area contributed by atoms with E-state index >= 15 is 0 Å². The van der Waals surface area contributed by atoms with Gasteiger partial charge in [-0.1, -0.05) is 20.8 Å². The van der Waals surface area contributed by atoms with Crippen molar-refractivity contribution in [2.24, 2.45) is 5.73 Å². The Hall–Kier alpha value is -1.29. The Bertz CT molecular complexity index is 398. The molecule has 4 heteroatoms. The summed E-state index contributed by atoms with van der Waals surface area (Å²) in [5, 5.41) is 3.00. The smallest absolute Gasteiger partial charge is 0.287 e. The average molecular weight is 252 g/mol. The highest BCUT2D eigenvalue weighted by atomic mass is 16.4. The molecule has 0 saturated heterocycles. The van der Waals surface area contributed by atoms with Crippen molar-refractivity contribution < 1.29 is 9.21 Å². The van der Waals surface area contributed by atoms with E-state index in [4.69, 9.17) is 10.2 Å². The molecule has 0 atom stereocenters. The molecule has 0 radical (unpaired) electrons. The van der Waals surface area contributed by atoms with E-state index in [2.05, 4.69) is 5.32 Å². The van der Waals surface area contributed by atoms with Gasteiger partial charge in [0.2, 0.25) is 0 Å². The van der Waals surface area contributed by atoms with E-state index in [0.717, 1.165) is 30.6 Å². The van der Waals surface area contributed by atoms with Crippen LogP contribution in [0.25, 0.3) is 0 Å². The van der Waals surface area contributed by atoms with Crippen LogP contribution >= 0.6 is 0 Å². The Morgan fingerprint density at radius 3 is 2.39 bits per heavy atom. The lowest BCUT2D eigenvalue weighted by Gasteiger charge is -2.30. The molecule has 1 heterocycles. The van der Waals surface area contributed by atoms with Crippen molar-refractivity contribution in [3.63, 3.8) is 0 Å². The number of rotatable bonds is 6. The zero-order valence-electron chi connectivity index (χ0n) is 11.8. The lowest BCUT2D eigenvalue weighted by molar-refractivity contribution is 0.0865. The van der Waals surface area contributed by atoms with Crippen LogP contribution in [0.3, 0.4) is 0 Å². The molecule has 3 N–H and O–H groups in total. The second kappa shape index (κ2) is 6.05. The quantitative estimate of drug-likeness (QED) is 0.817. The Kier molecular flexibility index (Phi) is 4.96. The summed E-state index contributed by atoms with van der Waals surface area (Å²) in [5.41, 5.74) is 6.46. The van der Waals surface area contributed by atoms with Crippen molar-refractivity contribution >= 4 is 5.91 Å². The van der Waals surface area contributed by atoms with Crippen molar-refractivity contribution in [3.8, 4) is 0 Å². The fourth-order valence-electron chi connectivity index (χ4n) is 2.05. The summed E-state index contributed by atoms with van der Waals surface area (Å²) in [6, 6.07) is 1.79. The van der Waals surface area contributed by atoms with Gasteiger partial charge in [-0.2, -0.15) is 0 Å². The predicted molar refractivity (Wildman–Crippen MR) is 72.7 cm³/mol. The number of hydrogen-bond donors (Lipinski definition) is 2. The maximum Gasteiger partial charge on any atom is 0.287 e. The van der Waals surface area contributed by atoms with Gasteiger partial charge in [0, 0.05) is 13.0 Å². The first kappa shape index (κ1) is 14.8. The number of hydrogen-bond acceptors (Lipinski definition) is 3. The van der Waals surface area contributed by atoms with Crippen LogP contribution in [-0.2, 0) is 6.42 Å². The highest BCUT2D eigenvalue weighted by molar-refractivity contribution is 5.92. The van der Waals surface area contributed by atoms with Gasteiger partial charge in [-0.05, 0) is 31.4 Å². The van der Waals surface area contributed by atoms with E-state index in [9.17, 15) is 4.79 Å². The molecule has 1 aromatic heterocycles. The zero-order chi connectivity index (χ0) is 13.8. The van der Waals surface area contributed by atoms with Crippen LogP contribution in [0.4, 0.5) is 0 Å². The van der Waals surface area contributed by atoms with Gasteiger partial charge < -0.3 is 15.5 Å². The van der Waals surface area contributed by atoms with Gasteiger partial charge in [0.15, 0.2) is 5.76 Å². The van der Waals surface area contributed by atoms with E-state index < -0.39 is 0 Å². The van der Waals surface area contributed by atoms with Gasteiger partial charge in [-0.25, -0.2) is 0 Å². The minimum Gasteiger partial charge on any atom is -0.456 e. The average Bonchev–Trinajstić information content (AvgIpc) is 2.77. The SMILES string of the molecule is CCc1oc(C(=O)NC(CC)(CC)CN)cc1C. The normalized spacial score (nSPS) is 11.6. The summed E-state index contributed by atoms with van der Waals surface area (Å²) in [6.07, 6.45) is 2.42. The van der Waals surface area contributed by atoms with Crippen LogP contribution in [0, 0.1) is 6.92 Å². The maximum absolute atomic E-state index is 12.2. The lowest BCUT2D eigenvalue weighted by Crippen LogP contribution is -2.52. The Balaban J connectivity index is 2.87. The summed E-state index contributed by atoms with van der Waals surface area (Å²) in [4.78, 5) is 12.2. The zero-order valence-corrected chi connectivity index (χ0v) is 11.8. The Morgan fingerprint density at radius 2 is 2.00 bits per heavy atom. The molecular weight excluding hydrogens is 228 g/mol. The maximum atomic E-state index is 12.2. The number of aryl methyl sites for hydroxylation is 2. The Labute approximate surface area is 109 Å². The van der Waals surface area contributed by atoms with E-state index in [0.29, 0.717) is 12.3 Å². The standard InChI is InChI=1S/C14H24N2O2/c1-5-11-10(4)8-12(18-11)13(17)16-14(6-2,7-3)9-15/h8H,5-7,9,15H2,1-4H3,(H,16,17). The second-order valence-corrected chi connectivity index (χ2v) is 4.72. The van der Waals surface area contributed by atoms with Crippen LogP contribution in [-0.4, -0.2) is 18.0 Å². The first-order valence-electron chi connectivity index (χ1n) is 6.63. The number of amides is 1. The highest BCUT2D eigenvalue weighted by Gasteiger charge is 2.28. The third kappa shape index (κ3) is 2.93. The second-order valence-electron chi connectivity index (χ2n) is 4.72. The molecule has 18 heavy (non-hydrogen) atoms. The van der Waals surface area contributed by atoms with E-state index in [1.807, 2.05) is 27.7 Å². The summed E-state index contributed by atoms with van der Waals surface area (Å²) in [5.74, 6) is 1.07. The van der Waals surface area contributed by atoms with Crippen LogP contribution in [0.2, 0.25) is 0 Å². The van der Waals surface area contributed by atoms with Gasteiger partial charge in [0.25, 0.3) is 5.91 Å². The molecule has 1 rings (SSSR count). The summed E-state index contributed by atoms with van der Waals surface area (Å²) in [6.45, 7) is 8.46. The Morgan fingerprint density at radius 1 is 1.39 bits per heavy atom. The van der Waals surface area contributed by atoms with Crippen molar-refractivity contribution in [3.05, 3.63) is 23.2 Å². The molecule has 0 aliphatic carbocycles. The molecule has 0 saturated carbocycles. The number of carbonyl (C=O) groups is 1. The topological polar surface area (TPSA) is 68.3 Å². The summed E-state index contributed by atoms with van der Waals surface area (Å²) in [7, 11) is 0. The van der Waals surface area contributed by atoms with Crippen LogP contribution in [0.1, 0.15) is 55.5 Å². The number of carbonyl (C=O) groups excluding carboxylic acids is 1. The molecule has 0 aliphatic heterocycles. The molecule has 0 aliphatic rings. The fraction of sp³-hybridized carbons (Fsp3) is 0.643. The van der Waals surface area contributed by atoms with Crippen molar-refractivity contribution in [2.45, 2.75) is 52.5 Å². The monoisotopic (exact) mass is 252 g/mol. The third-order valence-corrected chi connectivity index (χ3v) is 3.69. The van der Waals surface area contributed by atoms with Crippen LogP contribution in [0.15, 0.2) is 10.5 Å². The van der Waals surface area contributed by atoms with E-state index in [1.54, 1.807) is 6.07 Å². The lowest BCUT2D eigenvalue weighted by atomic mass is 9.93. The molecule has 0 fully saturated rings. The first-order chi connectivity index (χ1) is 8.51. The van der Waals surface area contributed by atoms with Gasteiger partial charge in [-0.15, -0.1) is 0 Å². The molecule has 0 bridgehead atoms. The molecule has 1 amide bonds. The van der Waals surface area contributed by atoms with Crippen molar-refractivity contribution in [1.82, 2.24) is 5.32 Å². The van der Waals surface area contributed by atoms with Crippen LogP contribution < -0.4 is 11.1 Å². The molecule has 4 nitrogen and oxygen atoms in total. The minimum absolute atomic E-state index is 0.174. The number of furan rings is 1. The molecule has 102 valence electrons. The first-order valence-corrected chi connectivity index (χ1v) is 6.63. The van der Waals surface area contributed by atoms with E-state index in [1.165, 1.54) is 0 Å². The van der Waals surface area contributed by atoms with Gasteiger partial charge in [-0.3, -0.25) is 4.79 Å². The highest BCUT2D eigenvalue weighted by Crippen LogP contribution is 2.18. The molecule has 0 aromatic carbocycles. The van der Waals surface area contributed by atoms with Crippen LogP contribution in [0.5, 0.6) is 0 Å². The largest absolute Gasteiger partial charge is 0.456 e. The van der Waals surface area contributed by atoms with Gasteiger partial charge >= 0.3 is 0 Å². The molecule has 0 unspecified atom stereocenters. The van der Waals surface area contributed by atoms with Gasteiger partial charge in [0.1, 0.15) is 5.76 Å². The van der Waals surface area contributed by atoms with Gasteiger partial charge in [0.05, 0.1) is 5.54 Å².